The Hall–Kier alpha value is 0.505. The fraction of sp³-hybridized carbons (Fsp3) is 1.00. The Morgan fingerprint density at radius 2 is 2.14 bits per heavy atom. The topological polar surface area (TPSA) is 9.23 Å². The summed E-state index contributed by atoms with van der Waals surface area (Å²) in [5.41, 5.74) is 0. The summed E-state index contributed by atoms with van der Waals surface area (Å²) in [4.78, 5) is 0. The van der Waals surface area contributed by atoms with Crippen LogP contribution in [0.5, 0.6) is 0 Å². The van der Waals surface area contributed by atoms with Gasteiger partial charge in [-0.2, -0.15) is 0 Å². The first-order chi connectivity index (χ1) is 3.41. The second kappa shape index (κ2) is 6.50. The van der Waals surface area contributed by atoms with Crippen LogP contribution in [0, 0.1) is 0 Å². The molecule has 7 heavy (non-hydrogen) atoms. The molecule has 0 saturated carbocycles. The minimum Gasteiger partial charge on any atom is -0.381 e. The van der Waals surface area contributed by atoms with Crippen LogP contribution in [0.15, 0.2) is 0 Å². The van der Waals surface area contributed by atoms with E-state index < -0.39 is 0 Å². The van der Waals surface area contributed by atoms with Crippen molar-refractivity contribution in [2.75, 3.05) is 18.5 Å². The lowest BCUT2D eigenvalue weighted by molar-refractivity contribution is 0.165. The van der Waals surface area contributed by atoms with Crippen molar-refractivity contribution in [1.82, 2.24) is 0 Å². The van der Waals surface area contributed by atoms with Crippen molar-refractivity contribution in [3.63, 3.8) is 0 Å². The van der Waals surface area contributed by atoms with Gasteiger partial charge in [-0.1, -0.05) is 22.3 Å². The van der Waals surface area contributed by atoms with Crippen molar-refractivity contribution in [1.29, 1.82) is 0 Å². The van der Waals surface area contributed by atoms with Crippen molar-refractivity contribution in [3.05, 3.63) is 0 Å². The molecule has 0 rings (SSSR count). The van der Waals surface area contributed by atoms with Gasteiger partial charge >= 0.3 is 0 Å². The van der Waals surface area contributed by atoms with Gasteiger partial charge in [0.05, 0.1) is 14.5 Å². The van der Waals surface area contributed by atoms with Crippen LogP contribution in [-0.2, 0) is 4.74 Å². The predicted octanol–water partition coefficient (Wildman–Crippen LogP) is 0.985. The molecule has 0 atom stereocenters. The van der Waals surface area contributed by atoms with E-state index in [1.807, 2.05) is 0 Å². The molecule has 0 N–H and O–H groups in total. The van der Waals surface area contributed by atoms with Gasteiger partial charge < -0.3 is 4.74 Å². The molecule has 40 valence electrons. The molecule has 2 radical (unpaired) electrons. The molecule has 0 aliphatic heterocycles. The highest BCUT2D eigenvalue weighted by Gasteiger charge is 1.78. The Balaban J connectivity index is 2.45. The van der Waals surface area contributed by atoms with Gasteiger partial charge in [0.25, 0.3) is 0 Å². The maximum Gasteiger partial charge on any atom is 0.0684 e. The number of hydrogen-bond acceptors (Lipinski definition) is 1. The van der Waals surface area contributed by atoms with Gasteiger partial charge in [0, 0.05) is 11.9 Å². The van der Waals surface area contributed by atoms with Crippen LogP contribution in [0.1, 0.15) is 0 Å². The Bertz CT molecular complexity index is 30.9. The molecular formula is C4H8BBrO. The predicted molar refractivity (Wildman–Crippen MR) is 35.2 cm³/mol. The summed E-state index contributed by atoms with van der Waals surface area (Å²) in [7, 11) is 5.13. The summed E-state index contributed by atoms with van der Waals surface area (Å²) in [6.07, 6.45) is 0.618. The van der Waals surface area contributed by atoms with Gasteiger partial charge in [0.15, 0.2) is 0 Å². The highest BCUT2D eigenvalue weighted by molar-refractivity contribution is 9.09. The van der Waals surface area contributed by atoms with E-state index >= 15 is 0 Å². The smallest absolute Gasteiger partial charge is 0.0684 e. The first kappa shape index (κ1) is 7.50. The highest BCUT2D eigenvalue weighted by Crippen LogP contribution is 1.82. The van der Waals surface area contributed by atoms with Gasteiger partial charge in [-0.15, -0.1) is 0 Å². The number of rotatable bonds is 4. The molecule has 0 amide bonds. The standard InChI is InChI=1S/C4H8BBrO/c5-1-3-7-4-2-6/h1-4H2. The normalized spacial score (nSPS) is 9.29. The van der Waals surface area contributed by atoms with Crippen molar-refractivity contribution in [2.24, 2.45) is 0 Å². The average Bonchev–Trinajstić information content (AvgIpc) is 1.69. The van der Waals surface area contributed by atoms with Crippen LogP contribution in [0.3, 0.4) is 0 Å². The molecule has 0 aromatic carbocycles. The third-order valence-electron chi connectivity index (χ3n) is 0.484. The number of hydrogen-bond donors (Lipinski definition) is 0. The van der Waals surface area contributed by atoms with Crippen LogP contribution >= 0.6 is 15.9 Å². The lowest BCUT2D eigenvalue weighted by atomic mass is 10.1. The molecule has 0 saturated heterocycles. The zero-order valence-electron chi connectivity index (χ0n) is 4.19. The number of ether oxygens (including phenoxy) is 1. The second-order valence-corrected chi connectivity index (χ2v) is 1.88. The van der Waals surface area contributed by atoms with E-state index in [0.29, 0.717) is 12.9 Å². The van der Waals surface area contributed by atoms with E-state index in [4.69, 9.17) is 12.6 Å². The van der Waals surface area contributed by atoms with Crippen LogP contribution in [0.25, 0.3) is 0 Å². The van der Waals surface area contributed by atoms with E-state index in [1.54, 1.807) is 0 Å². The molecule has 0 heterocycles. The number of halogens is 1. The van der Waals surface area contributed by atoms with Gasteiger partial charge in [-0.25, -0.2) is 0 Å². The molecule has 0 bridgehead atoms. The first-order valence-electron chi connectivity index (χ1n) is 2.25. The second-order valence-electron chi connectivity index (χ2n) is 1.09. The minimum absolute atomic E-state index is 0.618. The van der Waals surface area contributed by atoms with Crippen LogP contribution in [0.2, 0.25) is 6.32 Å². The van der Waals surface area contributed by atoms with Crippen molar-refractivity contribution >= 4 is 23.8 Å². The monoisotopic (exact) mass is 162 g/mol. The molecule has 0 aromatic rings. The van der Waals surface area contributed by atoms with Crippen molar-refractivity contribution in [2.45, 2.75) is 6.32 Å². The molecular weight excluding hydrogens is 155 g/mol. The maximum absolute atomic E-state index is 5.13. The van der Waals surface area contributed by atoms with Gasteiger partial charge in [-0.05, 0) is 0 Å². The Labute approximate surface area is 54.0 Å². The SMILES string of the molecule is [B]CCOCCBr. The summed E-state index contributed by atoms with van der Waals surface area (Å²) in [5, 5.41) is 0.896. The van der Waals surface area contributed by atoms with Crippen molar-refractivity contribution in [3.8, 4) is 0 Å². The van der Waals surface area contributed by atoms with E-state index in [-0.39, 0.29) is 0 Å². The summed E-state index contributed by atoms with van der Waals surface area (Å²) in [6, 6.07) is 0. The molecule has 1 nitrogen and oxygen atoms in total. The quantitative estimate of drug-likeness (QED) is 0.341. The van der Waals surface area contributed by atoms with E-state index in [9.17, 15) is 0 Å². The lowest BCUT2D eigenvalue weighted by Gasteiger charge is -1.94. The van der Waals surface area contributed by atoms with E-state index in [1.165, 1.54) is 0 Å². The Morgan fingerprint density at radius 3 is 2.57 bits per heavy atom. The third kappa shape index (κ3) is 6.50. The summed E-state index contributed by atoms with van der Waals surface area (Å²) >= 11 is 3.21. The minimum atomic E-state index is 0.618. The zero-order chi connectivity index (χ0) is 5.54. The molecule has 0 spiro atoms. The summed E-state index contributed by atoms with van der Waals surface area (Å²) < 4.78 is 4.96. The van der Waals surface area contributed by atoms with Gasteiger partial charge in [0.1, 0.15) is 0 Å². The fourth-order valence-electron chi connectivity index (χ4n) is 0.240. The third-order valence-corrected chi connectivity index (χ3v) is 0.807. The van der Waals surface area contributed by atoms with Gasteiger partial charge in [0.2, 0.25) is 0 Å². The molecule has 3 heteroatoms. The fourth-order valence-corrected chi connectivity index (χ4v) is 0.469. The van der Waals surface area contributed by atoms with Crippen LogP contribution in [-0.4, -0.2) is 26.4 Å². The van der Waals surface area contributed by atoms with E-state index in [0.717, 1.165) is 11.9 Å². The Morgan fingerprint density at radius 1 is 1.43 bits per heavy atom. The zero-order valence-corrected chi connectivity index (χ0v) is 5.78. The maximum atomic E-state index is 5.13. The van der Waals surface area contributed by atoms with E-state index in [2.05, 4.69) is 15.9 Å². The largest absolute Gasteiger partial charge is 0.381 e. The molecule has 0 aliphatic rings. The number of alkyl halides is 1. The summed E-state index contributed by atoms with van der Waals surface area (Å²) in [5.74, 6) is 0. The van der Waals surface area contributed by atoms with Crippen molar-refractivity contribution < 1.29 is 4.74 Å². The molecule has 0 aliphatic carbocycles. The average molecular weight is 163 g/mol. The highest BCUT2D eigenvalue weighted by atomic mass is 79.9. The van der Waals surface area contributed by atoms with Crippen LogP contribution < -0.4 is 0 Å². The Kier molecular flexibility index (Phi) is 6.97. The first-order valence-corrected chi connectivity index (χ1v) is 3.37. The van der Waals surface area contributed by atoms with Crippen LogP contribution in [0.4, 0.5) is 0 Å². The summed E-state index contributed by atoms with van der Waals surface area (Å²) in [6.45, 7) is 1.43. The molecule has 0 unspecified atom stereocenters. The molecule has 0 aromatic heterocycles. The van der Waals surface area contributed by atoms with Gasteiger partial charge in [-0.3, -0.25) is 0 Å². The molecule has 0 fully saturated rings. The lowest BCUT2D eigenvalue weighted by Crippen LogP contribution is -1.95.